The van der Waals surface area contributed by atoms with Gasteiger partial charge in [0.2, 0.25) is 0 Å². The maximum Gasteiger partial charge on any atom is 0.339 e. The topological polar surface area (TPSA) is 55.8 Å². The molecule has 0 heterocycles. The highest BCUT2D eigenvalue weighted by Crippen LogP contribution is 2.36. The van der Waals surface area contributed by atoms with Crippen molar-refractivity contribution in [3.8, 4) is 11.5 Å². The van der Waals surface area contributed by atoms with E-state index in [1.54, 1.807) is 6.07 Å². The summed E-state index contributed by atoms with van der Waals surface area (Å²) in [4.78, 5) is 11.2. The predicted octanol–water partition coefficient (Wildman–Crippen LogP) is 2.70. The smallest absolute Gasteiger partial charge is 0.339 e. The number of carboxylic acids is 1. The van der Waals surface area contributed by atoms with Gasteiger partial charge >= 0.3 is 5.97 Å². The van der Waals surface area contributed by atoms with E-state index in [1.165, 1.54) is 14.2 Å². The molecule has 0 atom stereocenters. The van der Waals surface area contributed by atoms with Gasteiger partial charge in [0.05, 0.1) is 14.2 Å². The summed E-state index contributed by atoms with van der Waals surface area (Å²) in [5, 5.41) is 9.17. The van der Waals surface area contributed by atoms with Crippen molar-refractivity contribution in [1.82, 2.24) is 0 Å². The average molecular weight is 238 g/mol. The van der Waals surface area contributed by atoms with Gasteiger partial charge in [-0.3, -0.25) is 0 Å². The molecule has 0 saturated carbocycles. The van der Waals surface area contributed by atoms with E-state index >= 15 is 0 Å². The molecule has 0 bridgehead atoms. The van der Waals surface area contributed by atoms with E-state index < -0.39 is 5.97 Å². The Kier molecular flexibility index (Phi) is 3.66. The number of ether oxygens (including phenoxy) is 2. The monoisotopic (exact) mass is 238 g/mol. The zero-order chi connectivity index (χ0) is 13.2. The number of carboxylic acid groups (broad SMARTS) is 1. The molecule has 0 amide bonds. The van der Waals surface area contributed by atoms with Gasteiger partial charge in [-0.2, -0.15) is 0 Å². The first kappa shape index (κ1) is 13.4. The molecule has 0 aliphatic heterocycles. The normalized spacial score (nSPS) is 11.1. The second kappa shape index (κ2) is 4.65. The summed E-state index contributed by atoms with van der Waals surface area (Å²) in [7, 11) is 2.93. The Bertz CT molecular complexity index is 430. The van der Waals surface area contributed by atoms with Crippen LogP contribution in [0.3, 0.4) is 0 Å². The molecular weight excluding hydrogens is 220 g/mol. The van der Waals surface area contributed by atoms with Crippen LogP contribution >= 0.6 is 0 Å². The molecule has 0 saturated heterocycles. The number of hydrogen-bond donors (Lipinski definition) is 1. The Labute approximate surface area is 101 Å². The number of rotatable bonds is 3. The molecule has 94 valence electrons. The van der Waals surface area contributed by atoms with Crippen molar-refractivity contribution < 1.29 is 19.4 Å². The van der Waals surface area contributed by atoms with Gasteiger partial charge in [0, 0.05) is 0 Å². The molecule has 17 heavy (non-hydrogen) atoms. The van der Waals surface area contributed by atoms with Crippen molar-refractivity contribution >= 4 is 5.97 Å². The van der Waals surface area contributed by atoms with Gasteiger partial charge in [-0.05, 0) is 23.1 Å². The largest absolute Gasteiger partial charge is 0.493 e. The standard InChI is InChI=1S/C13H18O4/c1-13(2,3)8-6-9(12(14)15)11(17-5)10(7-8)16-4/h6-7H,1-5H3,(H,14,15). The SMILES string of the molecule is COc1cc(C(C)(C)C)cc(C(=O)O)c1OC. The van der Waals surface area contributed by atoms with Gasteiger partial charge in [-0.15, -0.1) is 0 Å². The van der Waals surface area contributed by atoms with Crippen LogP contribution in [-0.2, 0) is 5.41 Å². The lowest BCUT2D eigenvalue weighted by molar-refractivity contribution is 0.0692. The van der Waals surface area contributed by atoms with E-state index in [0.29, 0.717) is 5.75 Å². The summed E-state index contributed by atoms with van der Waals surface area (Å²) in [6.45, 7) is 6.04. The van der Waals surface area contributed by atoms with Crippen LogP contribution in [0, 0.1) is 0 Å². The van der Waals surface area contributed by atoms with Crippen LogP contribution in [0.15, 0.2) is 12.1 Å². The quantitative estimate of drug-likeness (QED) is 0.879. The molecule has 0 radical (unpaired) electrons. The highest BCUT2D eigenvalue weighted by molar-refractivity contribution is 5.92. The number of benzene rings is 1. The molecule has 1 aromatic rings. The lowest BCUT2D eigenvalue weighted by Crippen LogP contribution is -2.13. The van der Waals surface area contributed by atoms with Gasteiger partial charge in [0.15, 0.2) is 11.5 Å². The van der Waals surface area contributed by atoms with Crippen molar-refractivity contribution in [2.24, 2.45) is 0 Å². The summed E-state index contributed by atoms with van der Waals surface area (Å²) in [6.07, 6.45) is 0. The third-order valence-corrected chi connectivity index (χ3v) is 2.58. The predicted molar refractivity (Wildman–Crippen MR) is 65.2 cm³/mol. The van der Waals surface area contributed by atoms with Gasteiger partial charge in [0.1, 0.15) is 5.56 Å². The first-order valence-electron chi connectivity index (χ1n) is 5.31. The molecule has 1 aromatic carbocycles. The second-order valence-electron chi connectivity index (χ2n) is 4.81. The zero-order valence-electron chi connectivity index (χ0n) is 10.8. The minimum Gasteiger partial charge on any atom is -0.493 e. The van der Waals surface area contributed by atoms with E-state index in [4.69, 9.17) is 9.47 Å². The maximum absolute atomic E-state index is 11.2. The zero-order valence-corrected chi connectivity index (χ0v) is 10.8. The molecule has 0 aromatic heterocycles. The van der Waals surface area contributed by atoms with Crippen LogP contribution in [0.2, 0.25) is 0 Å². The molecule has 1 N–H and O–H groups in total. The summed E-state index contributed by atoms with van der Waals surface area (Å²) in [6, 6.07) is 3.44. The van der Waals surface area contributed by atoms with Gasteiger partial charge in [0.25, 0.3) is 0 Å². The molecule has 0 unspecified atom stereocenters. The third kappa shape index (κ3) is 2.70. The fourth-order valence-electron chi connectivity index (χ4n) is 1.56. The van der Waals surface area contributed by atoms with E-state index in [1.807, 2.05) is 26.8 Å². The molecular formula is C13H18O4. The van der Waals surface area contributed by atoms with Crippen LogP contribution in [-0.4, -0.2) is 25.3 Å². The van der Waals surface area contributed by atoms with Crippen LogP contribution in [0.1, 0.15) is 36.7 Å². The molecule has 4 nitrogen and oxygen atoms in total. The van der Waals surface area contributed by atoms with E-state index in [9.17, 15) is 9.90 Å². The van der Waals surface area contributed by atoms with Crippen LogP contribution in [0.25, 0.3) is 0 Å². The number of carbonyl (C=O) groups is 1. The first-order valence-corrected chi connectivity index (χ1v) is 5.31. The Morgan fingerprint density at radius 3 is 2.12 bits per heavy atom. The lowest BCUT2D eigenvalue weighted by atomic mass is 9.85. The minimum atomic E-state index is -1.02. The molecule has 0 spiro atoms. The Morgan fingerprint density at radius 1 is 1.18 bits per heavy atom. The summed E-state index contributed by atoms with van der Waals surface area (Å²) < 4.78 is 10.3. The highest BCUT2D eigenvalue weighted by atomic mass is 16.5. The first-order chi connectivity index (χ1) is 7.81. The summed E-state index contributed by atoms with van der Waals surface area (Å²) in [5.41, 5.74) is 0.869. The van der Waals surface area contributed by atoms with E-state index in [2.05, 4.69) is 0 Å². The number of hydrogen-bond acceptors (Lipinski definition) is 3. The summed E-state index contributed by atoms with van der Waals surface area (Å²) in [5.74, 6) is -0.323. The number of methoxy groups -OCH3 is 2. The fraction of sp³-hybridized carbons (Fsp3) is 0.462. The molecule has 0 aliphatic rings. The van der Waals surface area contributed by atoms with Crippen LogP contribution in [0.5, 0.6) is 11.5 Å². The highest BCUT2D eigenvalue weighted by Gasteiger charge is 2.22. The Morgan fingerprint density at radius 2 is 1.76 bits per heavy atom. The lowest BCUT2D eigenvalue weighted by Gasteiger charge is -2.22. The third-order valence-electron chi connectivity index (χ3n) is 2.58. The van der Waals surface area contributed by atoms with Crippen LogP contribution < -0.4 is 9.47 Å². The van der Waals surface area contributed by atoms with Gasteiger partial charge in [-0.25, -0.2) is 4.79 Å². The van der Waals surface area contributed by atoms with Crippen molar-refractivity contribution in [2.45, 2.75) is 26.2 Å². The van der Waals surface area contributed by atoms with Crippen molar-refractivity contribution in [1.29, 1.82) is 0 Å². The molecule has 4 heteroatoms. The van der Waals surface area contributed by atoms with Crippen molar-refractivity contribution in [2.75, 3.05) is 14.2 Å². The van der Waals surface area contributed by atoms with E-state index in [0.717, 1.165) is 5.56 Å². The average Bonchev–Trinajstić information content (AvgIpc) is 2.25. The minimum absolute atomic E-state index is 0.122. The molecule has 0 aliphatic carbocycles. The maximum atomic E-state index is 11.2. The van der Waals surface area contributed by atoms with Crippen molar-refractivity contribution in [3.63, 3.8) is 0 Å². The fourth-order valence-corrected chi connectivity index (χ4v) is 1.56. The Balaban J connectivity index is 3.51. The summed E-state index contributed by atoms with van der Waals surface area (Å²) >= 11 is 0. The second-order valence-corrected chi connectivity index (χ2v) is 4.81. The Hall–Kier alpha value is -1.71. The van der Waals surface area contributed by atoms with Gasteiger partial charge in [-0.1, -0.05) is 20.8 Å². The number of aromatic carboxylic acids is 1. The molecule has 1 rings (SSSR count). The van der Waals surface area contributed by atoms with Crippen LogP contribution in [0.4, 0.5) is 0 Å². The van der Waals surface area contributed by atoms with E-state index in [-0.39, 0.29) is 16.7 Å². The molecule has 0 fully saturated rings. The van der Waals surface area contributed by atoms with Gasteiger partial charge < -0.3 is 14.6 Å². The van der Waals surface area contributed by atoms with Crippen molar-refractivity contribution in [3.05, 3.63) is 23.3 Å².